The average Bonchev–Trinajstić information content (AvgIpc) is 2.82. The summed E-state index contributed by atoms with van der Waals surface area (Å²) in [5.41, 5.74) is -0.412. The van der Waals surface area contributed by atoms with E-state index in [1.54, 1.807) is 30.5 Å². The van der Waals surface area contributed by atoms with E-state index in [4.69, 9.17) is 24.4 Å². The molecule has 9 heteroatoms. The van der Waals surface area contributed by atoms with Crippen LogP contribution in [0.25, 0.3) is 0 Å². The molecule has 2 fully saturated rings. The number of carbonyl (C=O) groups is 1. The van der Waals surface area contributed by atoms with Crippen molar-refractivity contribution in [2.45, 2.75) is 56.8 Å². The van der Waals surface area contributed by atoms with Gasteiger partial charge in [0.2, 0.25) is 0 Å². The molecule has 33 heavy (non-hydrogen) atoms. The number of likely N-dealkylation sites (tertiary alicyclic amines) is 1. The van der Waals surface area contributed by atoms with Gasteiger partial charge in [0.25, 0.3) is 5.91 Å². The summed E-state index contributed by atoms with van der Waals surface area (Å²) in [6.45, 7) is 2.86. The van der Waals surface area contributed by atoms with E-state index in [2.05, 4.69) is 17.2 Å². The van der Waals surface area contributed by atoms with E-state index in [0.717, 1.165) is 30.2 Å². The fraction of sp³-hybridized carbons (Fsp3) is 0.625. The number of aromatic nitrogens is 1. The predicted molar refractivity (Wildman–Crippen MR) is 124 cm³/mol. The minimum absolute atomic E-state index is 0.0180. The molecule has 1 aliphatic carbocycles. The van der Waals surface area contributed by atoms with Crippen LogP contribution in [0.15, 0.2) is 30.6 Å². The Morgan fingerprint density at radius 2 is 2.06 bits per heavy atom. The van der Waals surface area contributed by atoms with Gasteiger partial charge >= 0.3 is 0 Å². The lowest BCUT2D eigenvalue weighted by atomic mass is 9.78. The number of methoxy groups -OCH3 is 2. The van der Waals surface area contributed by atoms with Gasteiger partial charge in [-0.15, -0.1) is 0 Å². The molecule has 3 rings (SSSR count). The molecule has 2 heterocycles. The second kappa shape index (κ2) is 12.1. The van der Waals surface area contributed by atoms with Gasteiger partial charge in [-0.2, -0.15) is 0 Å². The fourth-order valence-corrected chi connectivity index (χ4v) is 4.57. The van der Waals surface area contributed by atoms with E-state index < -0.39 is 5.60 Å². The van der Waals surface area contributed by atoms with Crippen molar-refractivity contribution in [2.24, 2.45) is 5.92 Å². The molecule has 182 valence electrons. The Bertz CT molecular complexity index is 812. The maximum absolute atomic E-state index is 13.2. The molecular formula is C24H36N4O5. The molecule has 2 N–H and O–H groups in total. The number of nitrogens with zero attached hydrogens (tertiary/aromatic N) is 2. The number of nitrogens with one attached hydrogen (secondary N) is 2. The van der Waals surface area contributed by atoms with Crippen LogP contribution in [0.3, 0.4) is 0 Å². The van der Waals surface area contributed by atoms with E-state index in [9.17, 15) is 4.79 Å². The average molecular weight is 461 g/mol. The number of allylic oxidation sites excluding steroid dienone is 1. The van der Waals surface area contributed by atoms with Gasteiger partial charge in [0.05, 0.1) is 12.1 Å². The summed E-state index contributed by atoms with van der Waals surface area (Å²) < 4.78 is 22.6. The van der Waals surface area contributed by atoms with Crippen LogP contribution in [-0.2, 0) is 25.4 Å². The van der Waals surface area contributed by atoms with Gasteiger partial charge in [-0.25, -0.2) is 0 Å². The molecule has 1 aromatic rings. The molecule has 1 aromatic heterocycles. The first-order valence-electron chi connectivity index (χ1n) is 11.5. The second-order valence-corrected chi connectivity index (χ2v) is 8.74. The molecule has 1 aliphatic heterocycles. The maximum atomic E-state index is 13.2. The highest BCUT2D eigenvalue weighted by molar-refractivity contribution is 5.93. The first kappa shape index (κ1) is 25.1. The molecule has 0 unspecified atom stereocenters. The first-order valence-corrected chi connectivity index (χ1v) is 11.5. The summed E-state index contributed by atoms with van der Waals surface area (Å²) in [6, 6.07) is 3.47. The van der Waals surface area contributed by atoms with Gasteiger partial charge in [0, 0.05) is 51.4 Å². The lowest BCUT2D eigenvalue weighted by molar-refractivity contribution is -0.232. The van der Waals surface area contributed by atoms with Gasteiger partial charge < -0.3 is 34.6 Å². The number of pyridine rings is 1. The van der Waals surface area contributed by atoms with Crippen molar-refractivity contribution in [3.05, 3.63) is 36.3 Å². The van der Waals surface area contributed by atoms with Crippen molar-refractivity contribution in [2.75, 3.05) is 34.3 Å². The summed E-state index contributed by atoms with van der Waals surface area (Å²) in [7, 11) is 3.08. The maximum Gasteiger partial charge on any atom is 0.259 e. The van der Waals surface area contributed by atoms with Crippen molar-refractivity contribution < 1.29 is 23.7 Å². The number of β-lactam (4-membered cyclic amide) rings is 1. The topological polar surface area (TPSA) is 106 Å². The van der Waals surface area contributed by atoms with Crippen molar-refractivity contribution in [3.63, 3.8) is 0 Å². The Labute approximate surface area is 195 Å². The van der Waals surface area contributed by atoms with Crippen LogP contribution in [0, 0.1) is 11.3 Å². The second-order valence-electron chi connectivity index (χ2n) is 8.74. The monoisotopic (exact) mass is 460 g/mol. The minimum Gasteiger partial charge on any atom is -0.490 e. The third-order valence-electron chi connectivity index (χ3n) is 6.36. The van der Waals surface area contributed by atoms with Gasteiger partial charge in [0.15, 0.2) is 5.60 Å². The summed E-state index contributed by atoms with van der Waals surface area (Å²) in [5, 5.41) is 10.3. The molecule has 2 atom stereocenters. The third kappa shape index (κ3) is 6.10. The zero-order chi connectivity index (χ0) is 23.7. The van der Waals surface area contributed by atoms with Crippen LogP contribution in [-0.4, -0.2) is 74.0 Å². The highest BCUT2D eigenvalue weighted by atomic mass is 16.7. The van der Waals surface area contributed by atoms with Crippen molar-refractivity contribution in [3.8, 4) is 5.75 Å². The van der Waals surface area contributed by atoms with Crippen LogP contribution >= 0.6 is 0 Å². The van der Waals surface area contributed by atoms with Crippen molar-refractivity contribution in [1.82, 2.24) is 15.2 Å². The van der Waals surface area contributed by atoms with E-state index in [1.165, 1.54) is 26.2 Å². The number of hydrogen-bond acceptors (Lipinski definition) is 8. The predicted octanol–water partition coefficient (Wildman–Crippen LogP) is 2.51. The normalized spacial score (nSPS) is 27.4. The Morgan fingerprint density at radius 1 is 1.27 bits per heavy atom. The third-order valence-corrected chi connectivity index (χ3v) is 6.36. The quantitative estimate of drug-likeness (QED) is 0.265. The van der Waals surface area contributed by atoms with Crippen LogP contribution in [0.4, 0.5) is 0 Å². The molecule has 9 nitrogen and oxygen atoms in total. The molecule has 0 bridgehead atoms. The molecule has 1 saturated carbocycles. The Hall–Kier alpha value is -2.49. The summed E-state index contributed by atoms with van der Waals surface area (Å²) >= 11 is 0. The number of carbonyl (C=O) groups excluding carboxylic acids is 1. The summed E-state index contributed by atoms with van der Waals surface area (Å²) in [4.78, 5) is 19.4. The summed E-state index contributed by atoms with van der Waals surface area (Å²) in [6.07, 6.45) is 11.1. The highest BCUT2D eigenvalue weighted by Gasteiger charge is 2.62. The summed E-state index contributed by atoms with van der Waals surface area (Å²) in [5.74, 6) is 1.36. The standard InChI is InChI=1S/C24H36N4O5/c1-18-5-7-20(8-6-18)33-21-9-12-27-19(13-21)14-24(32-17-31-3)22(15-26-11-4-10-25)28(16-30-2)23(24)29/h4,9-13,18,20,22,25-26H,5-8,14-17H2,1-3H3/b11-4-,25-10?/t18-,20-,22-,24+/m0/s1. The smallest absolute Gasteiger partial charge is 0.259 e. The van der Waals surface area contributed by atoms with Gasteiger partial charge in [-0.05, 0) is 49.9 Å². The van der Waals surface area contributed by atoms with Gasteiger partial charge in [-0.3, -0.25) is 9.78 Å². The number of amides is 1. The van der Waals surface area contributed by atoms with E-state index in [1.807, 2.05) is 12.1 Å². The molecule has 1 amide bonds. The van der Waals surface area contributed by atoms with Gasteiger partial charge in [0.1, 0.15) is 19.3 Å². The van der Waals surface area contributed by atoms with E-state index >= 15 is 0 Å². The Kier molecular flexibility index (Phi) is 9.22. The van der Waals surface area contributed by atoms with E-state index in [0.29, 0.717) is 6.54 Å². The zero-order valence-corrected chi connectivity index (χ0v) is 19.8. The molecule has 0 radical (unpaired) electrons. The minimum atomic E-state index is -1.13. The Morgan fingerprint density at radius 3 is 2.76 bits per heavy atom. The lowest BCUT2D eigenvalue weighted by Crippen LogP contribution is -2.78. The SMILES string of the molecule is COCO[C@@]1(Cc2cc(O[C@H]3CC[C@H](C)CC3)ccn2)C(=O)N(COC)[C@H]1CN/C=C\C=N. The fourth-order valence-electron chi connectivity index (χ4n) is 4.57. The van der Waals surface area contributed by atoms with Gasteiger partial charge in [-0.1, -0.05) is 6.92 Å². The molecule has 1 saturated heterocycles. The number of rotatable bonds is 13. The molecule has 2 aliphatic rings. The number of ether oxygens (including phenoxy) is 4. The molecule has 0 spiro atoms. The first-order chi connectivity index (χ1) is 16.0. The number of hydrogen-bond donors (Lipinski definition) is 2. The van der Waals surface area contributed by atoms with Crippen molar-refractivity contribution >= 4 is 12.1 Å². The Balaban J connectivity index is 1.77. The van der Waals surface area contributed by atoms with Crippen LogP contribution in [0.1, 0.15) is 38.3 Å². The largest absolute Gasteiger partial charge is 0.490 e. The highest BCUT2D eigenvalue weighted by Crippen LogP contribution is 2.38. The van der Waals surface area contributed by atoms with Crippen molar-refractivity contribution in [1.29, 1.82) is 5.41 Å². The lowest BCUT2D eigenvalue weighted by Gasteiger charge is -2.54. The molecule has 0 aromatic carbocycles. The zero-order valence-electron chi connectivity index (χ0n) is 19.8. The van der Waals surface area contributed by atoms with Crippen LogP contribution < -0.4 is 10.1 Å². The molecular weight excluding hydrogens is 424 g/mol. The van der Waals surface area contributed by atoms with Crippen LogP contribution in [0.5, 0.6) is 5.75 Å². The van der Waals surface area contributed by atoms with E-state index in [-0.39, 0.29) is 38.0 Å². The van der Waals surface area contributed by atoms with Crippen LogP contribution in [0.2, 0.25) is 0 Å².